The average molecular weight is 314 g/mol. The first-order valence-electron chi connectivity index (χ1n) is 6.95. The molecule has 0 aromatic rings. The Kier molecular flexibility index (Phi) is 9.19. The Labute approximate surface area is 123 Å². The molecule has 1 atom stereocenters. The summed E-state index contributed by atoms with van der Waals surface area (Å²) in [6.45, 7) is 2.88. The van der Waals surface area contributed by atoms with Gasteiger partial charge in [-0.1, -0.05) is 26.2 Å². The Bertz CT molecular complexity index is 332. The van der Waals surface area contributed by atoms with Gasteiger partial charge in [0.15, 0.2) is 0 Å². The molecular weight excluding hydrogens is 286 g/mol. The Hall–Kier alpha value is 0.120. The number of hydrogen-bond donors (Lipinski definition) is 2. The first-order chi connectivity index (χ1) is 8.51. The van der Waals surface area contributed by atoms with Gasteiger partial charge in [-0.2, -0.15) is 17.4 Å². The van der Waals surface area contributed by atoms with Crippen molar-refractivity contribution in [3.63, 3.8) is 0 Å². The van der Waals surface area contributed by atoms with Gasteiger partial charge in [0.05, 0.1) is 0 Å². The molecule has 0 heterocycles. The summed E-state index contributed by atoms with van der Waals surface area (Å²) in [4.78, 5) is 0. The molecule has 116 valence electrons. The maximum atomic E-state index is 12.1. The molecule has 1 unspecified atom stereocenters. The van der Waals surface area contributed by atoms with E-state index in [9.17, 15) is 8.42 Å². The summed E-state index contributed by atoms with van der Waals surface area (Å²) < 4.78 is 28.3. The van der Waals surface area contributed by atoms with Crippen LogP contribution >= 0.6 is 12.4 Å². The topological polar surface area (TPSA) is 75.4 Å². The van der Waals surface area contributed by atoms with Crippen LogP contribution in [0, 0.1) is 5.92 Å². The second kappa shape index (κ2) is 9.13. The minimum absolute atomic E-state index is 0. The Balaban J connectivity index is 0.00000324. The molecule has 0 bridgehead atoms. The summed E-state index contributed by atoms with van der Waals surface area (Å²) in [5.41, 5.74) is 5.74. The second-order valence-electron chi connectivity index (χ2n) is 5.18. The molecule has 0 aromatic carbocycles. The van der Waals surface area contributed by atoms with Crippen molar-refractivity contribution in [3.8, 4) is 0 Å². The predicted octanol–water partition coefficient (Wildman–Crippen LogP) is 1.49. The third kappa shape index (κ3) is 5.95. The highest BCUT2D eigenvalue weighted by molar-refractivity contribution is 7.87. The molecule has 0 aliphatic heterocycles. The molecule has 0 aromatic heterocycles. The predicted molar refractivity (Wildman–Crippen MR) is 81.6 cm³/mol. The molecule has 0 saturated heterocycles. The third-order valence-corrected chi connectivity index (χ3v) is 5.33. The number of rotatable bonds is 7. The number of nitrogens with one attached hydrogen (secondary N) is 1. The van der Waals surface area contributed by atoms with Crippen molar-refractivity contribution in [3.05, 3.63) is 0 Å². The van der Waals surface area contributed by atoms with E-state index in [2.05, 4.69) is 4.72 Å². The zero-order valence-electron chi connectivity index (χ0n) is 12.0. The van der Waals surface area contributed by atoms with Crippen LogP contribution in [-0.4, -0.2) is 38.9 Å². The van der Waals surface area contributed by atoms with Gasteiger partial charge in [0.2, 0.25) is 0 Å². The lowest BCUT2D eigenvalue weighted by Crippen LogP contribution is -2.50. The summed E-state index contributed by atoms with van der Waals surface area (Å²) in [5, 5.41) is 0. The number of hydrogen-bond acceptors (Lipinski definition) is 3. The summed E-state index contributed by atoms with van der Waals surface area (Å²) in [6.07, 6.45) is 6.62. The van der Waals surface area contributed by atoms with Gasteiger partial charge in [-0.05, 0) is 25.2 Å². The molecular formula is C12H28ClN3O2S. The van der Waals surface area contributed by atoms with Crippen molar-refractivity contribution in [1.29, 1.82) is 0 Å². The second-order valence-corrected chi connectivity index (χ2v) is 6.99. The first kappa shape index (κ1) is 19.1. The molecule has 0 amide bonds. The minimum atomic E-state index is -3.38. The molecule has 1 saturated carbocycles. The molecule has 0 spiro atoms. The van der Waals surface area contributed by atoms with Crippen molar-refractivity contribution in [1.82, 2.24) is 9.03 Å². The fourth-order valence-corrected chi connectivity index (χ4v) is 3.86. The molecule has 1 fully saturated rings. The van der Waals surface area contributed by atoms with Crippen LogP contribution in [0.15, 0.2) is 0 Å². The van der Waals surface area contributed by atoms with Gasteiger partial charge in [-0.25, -0.2) is 0 Å². The van der Waals surface area contributed by atoms with E-state index in [1.54, 1.807) is 7.05 Å². The van der Waals surface area contributed by atoms with Crippen LogP contribution in [0.1, 0.15) is 45.4 Å². The van der Waals surface area contributed by atoms with Gasteiger partial charge in [0, 0.05) is 26.2 Å². The standard InChI is InChI=1S/C12H27N3O2S.ClH/c1-3-9-15(2)18(16,17)14-12(10-13)11-7-5-4-6-8-11;/h11-12,14H,3-10,13H2,1-2H3;1H. The minimum Gasteiger partial charge on any atom is -0.329 e. The van der Waals surface area contributed by atoms with E-state index in [1.165, 1.54) is 23.6 Å². The summed E-state index contributed by atoms with van der Waals surface area (Å²) >= 11 is 0. The highest BCUT2D eigenvalue weighted by Gasteiger charge is 2.28. The van der Waals surface area contributed by atoms with E-state index < -0.39 is 10.2 Å². The lowest BCUT2D eigenvalue weighted by molar-refractivity contribution is 0.290. The zero-order valence-corrected chi connectivity index (χ0v) is 13.6. The highest BCUT2D eigenvalue weighted by Crippen LogP contribution is 2.26. The van der Waals surface area contributed by atoms with Crippen LogP contribution in [0.3, 0.4) is 0 Å². The van der Waals surface area contributed by atoms with Crippen LogP contribution < -0.4 is 10.5 Å². The molecule has 5 nitrogen and oxygen atoms in total. The zero-order chi connectivity index (χ0) is 13.6. The molecule has 1 aliphatic rings. The molecule has 1 aliphatic carbocycles. The highest BCUT2D eigenvalue weighted by atomic mass is 35.5. The van der Waals surface area contributed by atoms with Crippen LogP contribution in [-0.2, 0) is 10.2 Å². The third-order valence-electron chi connectivity index (χ3n) is 3.72. The monoisotopic (exact) mass is 313 g/mol. The van der Waals surface area contributed by atoms with Gasteiger partial charge >= 0.3 is 0 Å². The normalized spacial score (nSPS) is 19.2. The maximum Gasteiger partial charge on any atom is 0.279 e. The van der Waals surface area contributed by atoms with E-state index in [-0.39, 0.29) is 18.4 Å². The number of halogens is 1. The molecule has 7 heteroatoms. The molecule has 1 rings (SSSR count). The molecule has 0 radical (unpaired) electrons. The summed E-state index contributed by atoms with van der Waals surface area (Å²) in [5.74, 6) is 0.397. The lowest BCUT2D eigenvalue weighted by Gasteiger charge is -2.31. The molecule has 3 N–H and O–H groups in total. The van der Waals surface area contributed by atoms with Crippen molar-refractivity contribution < 1.29 is 8.42 Å². The van der Waals surface area contributed by atoms with E-state index in [0.717, 1.165) is 19.3 Å². The van der Waals surface area contributed by atoms with Crippen molar-refractivity contribution >= 4 is 22.6 Å². The summed E-state index contributed by atoms with van der Waals surface area (Å²) in [6, 6.07) is -0.116. The van der Waals surface area contributed by atoms with E-state index >= 15 is 0 Å². The van der Waals surface area contributed by atoms with E-state index in [1.807, 2.05) is 6.92 Å². The molecule has 19 heavy (non-hydrogen) atoms. The van der Waals surface area contributed by atoms with Crippen molar-refractivity contribution in [2.24, 2.45) is 11.7 Å². The van der Waals surface area contributed by atoms with Crippen LogP contribution in [0.5, 0.6) is 0 Å². The number of nitrogens with zero attached hydrogens (tertiary/aromatic N) is 1. The fourth-order valence-electron chi connectivity index (χ4n) is 2.59. The van der Waals surface area contributed by atoms with E-state index in [0.29, 0.717) is 19.0 Å². The van der Waals surface area contributed by atoms with E-state index in [4.69, 9.17) is 5.73 Å². The van der Waals surface area contributed by atoms with Crippen LogP contribution in [0.4, 0.5) is 0 Å². The Morgan fingerprint density at radius 2 is 1.89 bits per heavy atom. The van der Waals surface area contributed by atoms with Crippen molar-refractivity contribution in [2.75, 3.05) is 20.1 Å². The smallest absolute Gasteiger partial charge is 0.279 e. The van der Waals surface area contributed by atoms with Crippen LogP contribution in [0.2, 0.25) is 0 Å². The summed E-state index contributed by atoms with van der Waals surface area (Å²) in [7, 11) is -1.77. The lowest BCUT2D eigenvalue weighted by atomic mass is 9.84. The van der Waals surface area contributed by atoms with Gasteiger partial charge in [0.1, 0.15) is 0 Å². The fraction of sp³-hybridized carbons (Fsp3) is 1.00. The van der Waals surface area contributed by atoms with Gasteiger partial charge in [-0.3, -0.25) is 0 Å². The Morgan fingerprint density at radius 1 is 1.32 bits per heavy atom. The maximum absolute atomic E-state index is 12.1. The SMILES string of the molecule is CCCN(C)S(=O)(=O)NC(CN)C1CCCCC1.Cl. The van der Waals surface area contributed by atoms with Gasteiger partial charge < -0.3 is 5.73 Å². The number of nitrogens with two attached hydrogens (primary N) is 1. The van der Waals surface area contributed by atoms with Gasteiger partial charge in [0.25, 0.3) is 10.2 Å². The average Bonchev–Trinajstić information content (AvgIpc) is 2.37. The van der Waals surface area contributed by atoms with Gasteiger partial charge in [-0.15, -0.1) is 12.4 Å². The Morgan fingerprint density at radius 3 is 2.37 bits per heavy atom. The van der Waals surface area contributed by atoms with Crippen LogP contribution in [0.25, 0.3) is 0 Å². The van der Waals surface area contributed by atoms with Crippen molar-refractivity contribution in [2.45, 2.75) is 51.5 Å². The quantitative estimate of drug-likeness (QED) is 0.748. The first-order valence-corrected chi connectivity index (χ1v) is 8.39. The largest absolute Gasteiger partial charge is 0.329 e.